The van der Waals surface area contributed by atoms with Gasteiger partial charge in [0.15, 0.2) is 0 Å². The fourth-order valence-electron chi connectivity index (χ4n) is 5.98. The van der Waals surface area contributed by atoms with Crippen molar-refractivity contribution in [2.75, 3.05) is 78.9 Å². The molecule has 3 aliphatic heterocycles. The number of morpholine rings is 3. The molecule has 0 amide bonds. The first kappa shape index (κ1) is 28.4. The van der Waals surface area contributed by atoms with Crippen LogP contribution in [0.25, 0.3) is 0 Å². The van der Waals surface area contributed by atoms with Crippen molar-refractivity contribution in [1.29, 1.82) is 0 Å². The topological polar surface area (TPSA) is 37.4 Å². The number of benzene rings is 3. The Balaban J connectivity index is 1.42. The average molecular weight is 738 g/mol. The third-order valence-electron chi connectivity index (χ3n) is 8.19. The molecule has 0 bridgehead atoms. The molecule has 0 unspecified atom stereocenters. The second-order valence-electron chi connectivity index (χ2n) is 10.9. The van der Waals surface area contributed by atoms with Crippen LogP contribution >= 0.6 is 0 Å². The van der Waals surface area contributed by atoms with Gasteiger partial charge in [-0.1, -0.05) is 0 Å². The van der Waals surface area contributed by atoms with Crippen molar-refractivity contribution >= 4 is 31.6 Å². The number of rotatable bonds is 9. The van der Waals surface area contributed by atoms with Crippen molar-refractivity contribution in [1.82, 2.24) is 14.7 Å². The molecule has 3 aliphatic rings. The SMILES string of the molecule is c1cc[c]([Bi]([c]2ccccc2CN2CCOCC2)[c]2ccccc2CN2CCOCC2)c(CN2CCOCC2)c1. The van der Waals surface area contributed by atoms with E-state index < -0.39 is 21.8 Å². The molecule has 0 aliphatic carbocycles. The van der Waals surface area contributed by atoms with Crippen molar-refractivity contribution in [2.45, 2.75) is 19.6 Å². The Morgan fingerprint density at radius 2 is 0.700 bits per heavy atom. The molecular formula is C33H42BiN3O3. The summed E-state index contributed by atoms with van der Waals surface area (Å²) >= 11 is -2.74. The van der Waals surface area contributed by atoms with E-state index >= 15 is 0 Å². The summed E-state index contributed by atoms with van der Waals surface area (Å²) in [5.41, 5.74) is 4.51. The normalized spacial score (nSPS) is 19.7. The molecule has 6 nitrogen and oxygen atoms in total. The van der Waals surface area contributed by atoms with E-state index in [2.05, 4.69) is 87.5 Å². The van der Waals surface area contributed by atoms with Crippen LogP contribution in [0, 0.1) is 0 Å². The molecule has 7 heteroatoms. The van der Waals surface area contributed by atoms with E-state index in [0.29, 0.717) is 0 Å². The molecule has 0 spiro atoms. The van der Waals surface area contributed by atoms with E-state index in [1.807, 2.05) is 0 Å². The maximum atomic E-state index is 5.67. The van der Waals surface area contributed by atoms with Gasteiger partial charge in [-0.2, -0.15) is 0 Å². The zero-order chi connectivity index (χ0) is 27.0. The van der Waals surface area contributed by atoms with Gasteiger partial charge in [-0.15, -0.1) is 0 Å². The first-order valence-electron chi connectivity index (χ1n) is 14.8. The van der Waals surface area contributed by atoms with E-state index in [1.165, 1.54) is 16.7 Å². The summed E-state index contributed by atoms with van der Waals surface area (Å²) in [7, 11) is 0. The van der Waals surface area contributed by atoms with Crippen molar-refractivity contribution in [3.63, 3.8) is 0 Å². The zero-order valence-electron chi connectivity index (χ0n) is 23.5. The van der Waals surface area contributed by atoms with Crippen molar-refractivity contribution in [2.24, 2.45) is 0 Å². The summed E-state index contributed by atoms with van der Waals surface area (Å²) in [6.07, 6.45) is 0. The molecule has 0 aromatic heterocycles. The molecule has 3 fully saturated rings. The fourth-order valence-corrected chi connectivity index (χ4v) is 16.8. The Morgan fingerprint density at radius 1 is 0.425 bits per heavy atom. The van der Waals surface area contributed by atoms with Gasteiger partial charge in [0.2, 0.25) is 0 Å². The third-order valence-corrected chi connectivity index (χ3v) is 18.9. The standard InChI is InChI=1S/3C11H14NO.Bi/c3*1-2-4-11(5-3-1)10-12-6-8-13-9-7-12;/h3*1-4H,6-10H2;. The van der Waals surface area contributed by atoms with Crippen LogP contribution in [0.1, 0.15) is 16.7 Å². The van der Waals surface area contributed by atoms with E-state index in [1.54, 1.807) is 9.81 Å². The van der Waals surface area contributed by atoms with Crippen LogP contribution in [0.4, 0.5) is 0 Å². The van der Waals surface area contributed by atoms with Gasteiger partial charge in [-0.25, -0.2) is 0 Å². The van der Waals surface area contributed by atoms with Gasteiger partial charge in [0.25, 0.3) is 0 Å². The number of hydrogen-bond acceptors (Lipinski definition) is 6. The molecule has 0 saturated carbocycles. The van der Waals surface area contributed by atoms with Gasteiger partial charge in [-0.3, -0.25) is 0 Å². The summed E-state index contributed by atoms with van der Waals surface area (Å²) in [4.78, 5) is 7.72. The van der Waals surface area contributed by atoms with Crippen molar-refractivity contribution in [3.05, 3.63) is 89.5 Å². The van der Waals surface area contributed by atoms with Crippen molar-refractivity contribution < 1.29 is 14.2 Å². The second kappa shape index (κ2) is 14.5. The molecule has 3 aromatic rings. The maximum absolute atomic E-state index is 5.67. The quantitative estimate of drug-likeness (QED) is 0.312. The molecule has 3 heterocycles. The molecule has 0 N–H and O–H groups in total. The second-order valence-corrected chi connectivity index (χ2v) is 19.1. The summed E-state index contributed by atoms with van der Waals surface area (Å²) in [6.45, 7) is 14.1. The Bertz CT molecular complexity index is 1070. The van der Waals surface area contributed by atoms with Gasteiger partial charge in [0.05, 0.1) is 0 Å². The molecule has 0 radical (unpaired) electrons. The summed E-state index contributed by atoms with van der Waals surface area (Å²) in [5, 5.41) is 0. The molecular weight excluding hydrogens is 695 g/mol. The molecule has 212 valence electrons. The average Bonchev–Trinajstić information content (AvgIpc) is 3.01. The van der Waals surface area contributed by atoms with Gasteiger partial charge in [0, 0.05) is 0 Å². The van der Waals surface area contributed by atoms with Crippen LogP contribution in [0.3, 0.4) is 0 Å². The summed E-state index contributed by atoms with van der Waals surface area (Å²) < 4.78 is 21.9. The van der Waals surface area contributed by atoms with Gasteiger partial charge in [0.1, 0.15) is 0 Å². The van der Waals surface area contributed by atoms with E-state index in [-0.39, 0.29) is 0 Å². The van der Waals surface area contributed by atoms with Gasteiger partial charge in [-0.05, 0) is 0 Å². The molecule has 3 saturated heterocycles. The Kier molecular flexibility index (Phi) is 10.3. The van der Waals surface area contributed by atoms with E-state index in [9.17, 15) is 0 Å². The predicted molar refractivity (Wildman–Crippen MR) is 162 cm³/mol. The van der Waals surface area contributed by atoms with Gasteiger partial charge >= 0.3 is 249 Å². The van der Waals surface area contributed by atoms with Crippen LogP contribution in [-0.2, 0) is 33.8 Å². The number of hydrogen-bond donors (Lipinski definition) is 0. The number of nitrogens with zero attached hydrogens (tertiary/aromatic N) is 3. The Morgan fingerprint density at radius 3 is 1.00 bits per heavy atom. The van der Waals surface area contributed by atoms with Crippen LogP contribution < -0.4 is 9.81 Å². The Labute approximate surface area is 247 Å². The monoisotopic (exact) mass is 737 g/mol. The first-order valence-corrected chi connectivity index (χ1v) is 20.0. The molecule has 0 atom stereocenters. The van der Waals surface area contributed by atoms with E-state index in [0.717, 1.165) is 98.5 Å². The van der Waals surface area contributed by atoms with Crippen LogP contribution in [0.5, 0.6) is 0 Å². The summed E-state index contributed by atoms with van der Waals surface area (Å²) in [5.74, 6) is 0. The zero-order valence-corrected chi connectivity index (χ0v) is 27.0. The Hall–Kier alpha value is -1.70. The number of ether oxygens (including phenoxy) is 3. The van der Waals surface area contributed by atoms with Gasteiger partial charge < -0.3 is 0 Å². The first-order chi connectivity index (χ1) is 19.8. The summed E-state index contributed by atoms with van der Waals surface area (Å²) in [6, 6.07) is 28.1. The third kappa shape index (κ3) is 7.19. The van der Waals surface area contributed by atoms with Crippen LogP contribution in [0.15, 0.2) is 72.8 Å². The van der Waals surface area contributed by atoms with Crippen molar-refractivity contribution in [3.8, 4) is 0 Å². The minimum atomic E-state index is -2.74. The van der Waals surface area contributed by atoms with Crippen LogP contribution in [-0.4, -0.2) is 115 Å². The molecule has 3 aromatic carbocycles. The molecule has 40 heavy (non-hydrogen) atoms. The fraction of sp³-hybridized carbons (Fsp3) is 0.455. The van der Waals surface area contributed by atoms with E-state index in [4.69, 9.17) is 14.2 Å². The minimum absolute atomic E-state index is 0.832. The predicted octanol–water partition coefficient (Wildman–Crippen LogP) is 1.70. The van der Waals surface area contributed by atoms with Crippen LogP contribution in [0.2, 0.25) is 0 Å². The molecule has 6 rings (SSSR count).